The molecule has 18 heavy (non-hydrogen) atoms. The second kappa shape index (κ2) is 5.36. The largest absolute Gasteiger partial charge is 0.374 e. The smallest absolute Gasteiger partial charge is 0.146 e. The number of ether oxygens (including phenoxy) is 1. The van der Waals surface area contributed by atoms with E-state index in [0.717, 1.165) is 24.6 Å². The zero-order valence-corrected chi connectivity index (χ0v) is 11.8. The van der Waals surface area contributed by atoms with Crippen LogP contribution in [0.5, 0.6) is 0 Å². The highest BCUT2D eigenvalue weighted by molar-refractivity contribution is 5.09. The van der Waals surface area contributed by atoms with Crippen molar-refractivity contribution < 1.29 is 4.74 Å². The van der Waals surface area contributed by atoms with Crippen LogP contribution in [-0.2, 0) is 17.8 Å². The molecule has 2 rings (SSSR count). The maximum Gasteiger partial charge on any atom is 0.146 e. The van der Waals surface area contributed by atoms with Crippen LogP contribution in [0.25, 0.3) is 0 Å². The van der Waals surface area contributed by atoms with E-state index in [1.807, 2.05) is 0 Å². The predicted molar refractivity (Wildman–Crippen MR) is 70.1 cm³/mol. The van der Waals surface area contributed by atoms with E-state index >= 15 is 0 Å². The molecule has 5 nitrogen and oxygen atoms in total. The van der Waals surface area contributed by atoms with Crippen LogP contribution in [0, 0.1) is 5.92 Å². The summed E-state index contributed by atoms with van der Waals surface area (Å²) >= 11 is 0. The lowest BCUT2D eigenvalue weighted by Gasteiger charge is -2.19. The lowest BCUT2D eigenvalue weighted by molar-refractivity contribution is 0.0551. The standard InChI is InChI=1S/C13H24N4O/c1-5-6-17-11(7-14)15-16-13(17)12-8(2)9(3)18-10(12)4/h8-10,12H,5-7,14H2,1-4H3. The van der Waals surface area contributed by atoms with Gasteiger partial charge in [-0.2, -0.15) is 0 Å². The number of nitrogens with zero attached hydrogens (tertiary/aromatic N) is 3. The van der Waals surface area contributed by atoms with Gasteiger partial charge in [0.1, 0.15) is 11.6 Å². The van der Waals surface area contributed by atoms with Crippen molar-refractivity contribution in [2.75, 3.05) is 0 Å². The van der Waals surface area contributed by atoms with Crippen molar-refractivity contribution in [3.8, 4) is 0 Å². The molecule has 1 aliphatic heterocycles. The van der Waals surface area contributed by atoms with Crippen molar-refractivity contribution >= 4 is 0 Å². The first-order valence-corrected chi connectivity index (χ1v) is 6.87. The maximum atomic E-state index is 5.90. The second-order valence-electron chi connectivity index (χ2n) is 5.26. The summed E-state index contributed by atoms with van der Waals surface area (Å²) in [7, 11) is 0. The van der Waals surface area contributed by atoms with Gasteiger partial charge >= 0.3 is 0 Å². The van der Waals surface area contributed by atoms with Crippen molar-refractivity contribution in [3.05, 3.63) is 11.6 Å². The molecule has 1 aromatic heterocycles. The highest BCUT2D eigenvalue weighted by Gasteiger charge is 2.41. The first-order valence-electron chi connectivity index (χ1n) is 6.87. The minimum atomic E-state index is 0.195. The number of aromatic nitrogens is 3. The molecule has 0 bridgehead atoms. The van der Waals surface area contributed by atoms with Gasteiger partial charge in [-0.15, -0.1) is 10.2 Å². The number of nitrogens with two attached hydrogens (primary N) is 1. The molecule has 2 N–H and O–H groups in total. The highest BCUT2D eigenvalue weighted by atomic mass is 16.5. The fourth-order valence-electron chi connectivity index (χ4n) is 2.93. The van der Waals surface area contributed by atoms with Gasteiger partial charge in [0.15, 0.2) is 0 Å². The molecule has 0 aliphatic carbocycles. The molecule has 1 saturated heterocycles. The summed E-state index contributed by atoms with van der Waals surface area (Å²) in [4.78, 5) is 0. The van der Waals surface area contributed by atoms with Gasteiger partial charge in [0, 0.05) is 6.54 Å². The van der Waals surface area contributed by atoms with E-state index in [4.69, 9.17) is 10.5 Å². The van der Waals surface area contributed by atoms with Crippen LogP contribution in [-0.4, -0.2) is 27.0 Å². The van der Waals surface area contributed by atoms with Crippen LogP contribution in [0.2, 0.25) is 0 Å². The molecule has 102 valence electrons. The van der Waals surface area contributed by atoms with Crippen molar-refractivity contribution in [3.63, 3.8) is 0 Å². The summed E-state index contributed by atoms with van der Waals surface area (Å²) in [5.41, 5.74) is 5.73. The van der Waals surface area contributed by atoms with E-state index in [2.05, 4.69) is 42.5 Å². The molecule has 2 heterocycles. The highest BCUT2D eigenvalue weighted by Crippen LogP contribution is 2.39. The topological polar surface area (TPSA) is 66.0 Å². The molecule has 0 spiro atoms. The predicted octanol–water partition coefficient (Wildman–Crippen LogP) is 1.67. The summed E-state index contributed by atoms with van der Waals surface area (Å²) in [5.74, 6) is 2.71. The van der Waals surface area contributed by atoms with Gasteiger partial charge in [-0.05, 0) is 26.2 Å². The van der Waals surface area contributed by atoms with E-state index in [1.54, 1.807) is 0 Å². The van der Waals surface area contributed by atoms with Crippen LogP contribution >= 0.6 is 0 Å². The van der Waals surface area contributed by atoms with E-state index < -0.39 is 0 Å². The van der Waals surface area contributed by atoms with Crippen molar-refractivity contribution in [1.82, 2.24) is 14.8 Å². The van der Waals surface area contributed by atoms with Gasteiger partial charge in [0.2, 0.25) is 0 Å². The first kappa shape index (κ1) is 13.5. The molecule has 0 radical (unpaired) electrons. The lowest BCUT2D eigenvalue weighted by atomic mass is 9.89. The molecule has 4 unspecified atom stereocenters. The molecule has 0 aromatic carbocycles. The van der Waals surface area contributed by atoms with Crippen LogP contribution < -0.4 is 5.73 Å². The Hall–Kier alpha value is -0.940. The van der Waals surface area contributed by atoms with Gasteiger partial charge in [0.25, 0.3) is 0 Å². The van der Waals surface area contributed by atoms with Gasteiger partial charge < -0.3 is 15.0 Å². The summed E-state index contributed by atoms with van der Waals surface area (Å²) in [6.45, 7) is 10.0. The number of hydrogen-bond donors (Lipinski definition) is 1. The molecule has 5 heteroatoms. The summed E-state index contributed by atoms with van der Waals surface area (Å²) in [5, 5.41) is 8.60. The van der Waals surface area contributed by atoms with Crippen LogP contribution in [0.15, 0.2) is 0 Å². The van der Waals surface area contributed by atoms with Gasteiger partial charge in [-0.25, -0.2) is 0 Å². The van der Waals surface area contributed by atoms with Crippen LogP contribution in [0.3, 0.4) is 0 Å². The third-order valence-corrected chi connectivity index (χ3v) is 4.03. The second-order valence-corrected chi connectivity index (χ2v) is 5.26. The maximum absolute atomic E-state index is 5.90. The van der Waals surface area contributed by atoms with E-state index in [1.165, 1.54) is 0 Å². The molecular formula is C13H24N4O. The minimum Gasteiger partial charge on any atom is -0.374 e. The van der Waals surface area contributed by atoms with Gasteiger partial charge in [0.05, 0.1) is 24.7 Å². The van der Waals surface area contributed by atoms with E-state index in [-0.39, 0.29) is 12.2 Å². The lowest BCUT2D eigenvalue weighted by Crippen LogP contribution is -2.21. The molecule has 0 amide bonds. The van der Waals surface area contributed by atoms with Crippen molar-refractivity contribution in [2.24, 2.45) is 11.7 Å². The molecule has 4 atom stereocenters. The van der Waals surface area contributed by atoms with Crippen molar-refractivity contribution in [1.29, 1.82) is 0 Å². The molecule has 1 aromatic rings. The average Bonchev–Trinajstić information content (AvgIpc) is 2.83. The Balaban J connectivity index is 2.35. The number of hydrogen-bond acceptors (Lipinski definition) is 4. The van der Waals surface area contributed by atoms with Crippen molar-refractivity contribution in [2.45, 2.75) is 65.3 Å². The summed E-state index contributed by atoms with van der Waals surface area (Å²) in [6.07, 6.45) is 1.53. The Bertz CT molecular complexity index is 404. The zero-order valence-electron chi connectivity index (χ0n) is 11.8. The molecular weight excluding hydrogens is 228 g/mol. The minimum absolute atomic E-state index is 0.195. The Morgan fingerprint density at radius 3 is 2.44 bits per heavy atom. The normalized spacial score (nSPS) is 32.1. The Kier molecular flexibility index (Phi) is 4.02. The van der Waals surface area contributed by atoms with Gasteiger partial charge in [-0.3, -0.25) is 0 Å². The van der Waals surface area contributed by atoms with Crippen LogP contribution in [0.1, 0.15) is 51.7 Å². The monoisotopic (exact) mass is 252 g/mol. The van der Waals surface area contributed by atoms with Gasteiger partial charge in [-0.1, -0.05) is 13.8 Å². The van der Waals surface area contributed by atoms with E-state index in [0.29, 0.717) is 18.4 Å². The third kappa shape index (κ3) is 2.17. The molecule has 1 fully saturated rings. The Morgan fingerprint density at radius 2 is 1.94 bits per heavy atom. The fourth-order valence-corrected chi connectivity index (χ4v) is 2.93. The fraction of sp³-hybridized carbons (Fsp3) is 0.846. The number of rotatable bonds is 4. The zero-order chi connectivity index (χ0) is 13.3. The molecule has 0 saturated carbocycles. The summed E-state index contributed by atoms with van der Waals surface area (Å²) < 4.78 is 8.08. The molecule has 1 aliphatic rings. The average molecular weight is 252 g/mol. The summed E-state index contributed by atoms with van der Waals surface area (Å²) in [6, 6.07) is 0. The quantitative estimate of drug-likeness (QED) is 0.885. The Labute approximate surface area is 109 Å². The SMILES string of the molecule is CCCn1c(CN)nnc1C1C(C)OC(C)C1C. The third-order valence-electron chi connectivity index (χ3n) is 4.03. The van der Waals surface area contributed by atoms with Crippen LogP contribution in [0.4, 0.5) is 0 Å². The Morgan fingerprint density at radius 1 is 1.22 bits per heavy atom. The van der Waals surface area contributed by atoms with E-state index in [9.17, 15) is 0 Å². The first-order chi connectivity index (χ1) is 8.60.